The molecule has 76 valence electrons. The summed E-state index contributed by atoms with van der Waals surface area (Å²) in [5.74, 6) is -0.921. The maximum Gasteiger partial charge on any atom is 0.317 e. The van der Waals surface area contributed by atoms with Gasteiger partial charge in [0.2, 0.25) is 0 Å². The van der Waals surface area contributed by atoms with E-state index in [0.717, 1.165) is 0 Å². The number of hydrogen-bond donors (Lipinski definition) is 3. The second-order valence-corrected chi connectivity index (χ2v) is 3.36. The number of carboxylic acid groups (broad SMARTS) is 1. The van der Waals surface area contributed by atoms with Gasteiger partial charge in [-0.2, -0.15) is 0 Å². The Morgan fingerprint density at radius 2 is 2.46 bits per heavy atom. The van der Waals surface area contributed by atoms with E-state index in [9.17, 15) is 9.90 Å². The molecule has 2 atom stereocenters. The summed E-state index contributed by atoms with van der Waals surface area (Å²) in [6.45, 7) is 2.46. The molecule has 5 heteroatoms. The van der Waals surface area contributed by atoms with E-state index in [1.165, 1.54) is 0 Å². The Labute approximate surface area is 76.7 Å². The van der Waals surface area contributed by atoms with E-state index in [0.29, 0.717) is 13.0 Å². The van der Waals surface area contributed by atoms with Gasteiger partial charge in [0.05, 0.1) is 12.6 Å². The van der Waals surface area contributed by atoms with E-state index in [1.807, 2.05) is 0 Å². The molecule has 13 heavy (non-hydrogen) atoms. The normalized spacial score (nSPS) is 33.5. The van der Waals surface area contributed by atoms with Crippen LogP contribution in [0.15, 0.2) is 0 Å². The highest BCUT2D eigenvalue weighted by Gasteiger charge is 2.38. The molecular weight excluding hydrogens is 174 g/mol. The number of nitrogens with one attached hydrogen (secondary N) is 1. The lowest BCUT2D eigenvalue weighted by atomic mass is 9.97. The van der Waals surface area contributed by atoms with Crippen molar-refractivity contribution in [1.29, 1.82) is 0 Å². The predicted octanol–water partition coefficient (Wildman–Crippen LogP) is -0.799. The van der Waals surface area contributed by atoms with Gasteiger partial charge in [0.15, 0.2) is 0 Å². The van der Waals surface area contributed by atoms with Crippen molar-refractivity contribution < 1.29 is 19.7 Å². The van der Waals surface area contributed by atoms with Crippen LogP contribution in [0.4, 0.5) is 0 Å². The van der Waals surface area contributed by atoms with E-state index < -0.39 is 11.6 Å². The Kier molecular flexibility index (Phi) is 3.24. The third-order valence-electron chi connectivity index (χ3n) is 2.37. The summed E-state index contributed by atoms with van der Waals surface area (Å²) in [6, 6.07) is 0. The average molecular weight is 189 g/mol. The van der Waals surface area contributed by atoms with E-state index in [2.05, 4.69) is 5.32 Å². The number of hydrogen-bond acceptors (Lipinski definition) is 4. The summed E-state index contributed by atoms with van der Waals surface area (Å²) >= 11 is 0. The minimum Gasteiger partial charge on any atom is -0.480 e. The Morgan fingerprint density at radius 3 is 2.92 bits per heavy atom. The smallest absolute Gasteiger partial charge is 0.317 e. The van der Waals surface area contributed by atoms with Crippen LogP contribution < -0.4 is 5.32 Å². The molecule has 0 aliphatic carbocycles. The first-order valence-electron chi connectivity index (χ1n) is 4.31. The molecule has 0 radical (unpaired) electrons. The van der Waals surface area contributed by atoms with Crippen LogP contribution in [-0.4, -0.2) is 47.6 Å². The number of carbonyl (C=O) groups is 1. The quantitative estimate of drug-likeness (QED) is 0.539. The van der Waals surface area contributed by atoms with Gasteiger partial charge in [-0.05, 0) is 6.92 Å². The SMILES string of the molecule is CC1OCCC1(O)CNCC(=O)O. The highest BCUT2D eigenvalue weighted by molar-refractivity contribution is 5.68. The van der Waals surface area contributed by atoms with Crippen LogP contribution in [0, 0.1) is 0 Å². The van der Waals surface area contributed by atoms with Gasteiger partial charge in [-0.15, -0.1) is 0 Å². The third-order valence-corrected chi connectivity index (χ3v) is 2.37. The molecule has 0 bridgehead atoms. The van der Waals surface area contributed by atoms with E-state index >= 15 is 0 Å². The van der Waals surface area contributed by atoms with Gasteiger partial charge in [-0.25, -0.2) is 0 Å². The lowest BCUT2D eigenvalue weighted by molar-refractivity contribution is -0.136. The molecule has 2 unspecified atom stereocenters. The number of carboxylic acids is 1. The van der Waals surface area contributed by atoms with Crippen molar-refractivity contribution in [2.45, 2.75) is 25.0 Å². The summed E-state index contributed by atoms with van der Waals surface area (Å²) in [7, 11) is 0. The number of rotatable bonds is 4. The zero-order chi connectivity index (χ0) is 9.90. The highest BCUT2D eigenvalue weighted by atomic mass is 16.5. The predicted molar refractivity (Wildman–Crippen MR) is 45.5 cm³/mol. The minimum atomic E-state index is -0.921. The van der Waals surface area contributed by atoms with Crippen LogP contribution in [0.5, 0.6) is 0 Å². The molecule has 1 heterocycles. The Hall–Kier alpha value is -0.650. The maximum absolute atomic E-state index is 10.2. The zero-order valence-electron chi connectivity index (χ0n) is 7.62. The van der Waals surface area contributed by atoms with Crippen molar-refractivity contribution in [3.05, 3.63) is 0 Å². The second-order valence-electron chi connectivity index (χ2n) is 3.36. The molecule has 0 saturated carbocycles. The fourth-order valence-corrected chi connectivity index (χ4v) is 1.39. The molecular formula is C8H15NO4. The highest BCUT2D eigenvalue weighted by Crippen LogP contribution is 2.24. The molecule has 1 fully saturated rings. The monoisotopic (exact) mass is 189 g/mol. The molecule has 0 spiro atoms. The van der Waals surface area contributed by atoms with Gasteiger partial charge in [-0.1, -0.05) is 0 Å². The van der Waals surface area contributed by atoms with Crippen molar-refractivity contribution in [1.82, 2.24) is 5.32 Å². The minimum absolute atomic E-state index is 0.130. The Bertz CT molecular complexity index is 197. The molecule has 1 aliphatic heterocycles. The molecule has 0 aromatic rings. The van der Waals surface area contributed by atoms with Crippen molar-refractivity contribution in [2.75, 3.05) is 19.7 Å². The number of ether oxygens (including phenoxy) is 1. The first-order chi connectivity index (χ1) is 6.04. The summed E-state index contributed by atoms with van der Waals surface area (Å²) in [5, 5.41) is 20.9. The van der Waals surface area contributed by atoms with Gasteiger partial charge in [0.1, 0.15) is 5.60 Å². The van der Waals surface area contributed by atoms with Crippen LogP contribution in [-0.2, 0) is 9.53 Å². The van der Waals surface area contributed by atoms with Crippen LogP contribution in [0.2, 0.25) is 0 Å². The molecule has 1 aliphatic rings. The van der Waals surface area contributed by atoms with Crippen molar-refractivity contribution in [2.24, 2.45) is 0 Å². The number of aliphatic carboxylic acids is 1. The van der Waals surface area contributed by atoms with Crippen LogP contribution >= 0.6 is 0 Å². The fraction of sp³-hybridized carbons (Fsp3) is 0.875. The summed E-state index contributed by atoms with van der Waals surface area (Å²) < 4.78 is 5.19. The van der Waals surface area contributed by atoms with Gasteiger partial charge in [0, 0.05) is 19.6 Å². The van der Waals surface area contributed by atoms with E-state index in [1.54, 1.807) is 6.92 Å². The molecule has 5 nitrogen and oxygen atoms in total. The molecule has 1 saturated heterocycles. The van der Waals surface area contributed by atoms with Crippen LogP contribution in [0.25, 0.3) is 0 Å². The molecule has 0 aromatic carbocycles. The third kappa shape index (κ3) is 2.65. The fourth-order valence-electron chi connectivity index (χ4n) is 1.39. The maximum atomic E-state index is 10.2. The zero-order valence-corrected chi connectivity index (χ0v) is 7.62. The number of aliphatic hydroxyl groups is 1. The van der Waals surface area contributed by atoms with E-state index in [4.69, 9.17) is 9.84 Å². The topological polar surface area (TPSA) is 78.8 Å². The van der Waals surface area contributed by atoms with Crippen LogP contribution in [0.3, 0.4) is 0 Å². The van der Waals surface area contributed by atoms with Gasteiger partial charge >= 0.3 is 5.97 Å². The summed E-state index contributed by atoms with van der Waals surface area (Å²) in [4.78, 5) is 10.2. The van der Waals surface area contributed by atoms with Gasteiger partial charge in [0.25, 0.3) is 0 Å². The largest absolute Gasteiger partial charge is 0.480 e. The standard InChI is InChI=1S/C8H15NO4/c1-6-8(12,2-3-13-6)5-9-4-7(10)11/h6,9,12H,2-5H2,1H3,(H,10,11). The molecule has 0 amide bonds. The Morgan fingerprint density at radius 1 is 1.77 bits per heavy atom. The van der Waals surface area contributed by atoms with Crippen molar-refractivity contribution in [3.63, 3.8) is 0 Å². The lowest BCUT2D eigenvalue weighted by Crippen LogP contribution is -2.46. The summed E-state index contributed by atoms with van der Waals surface area (Å²) in [6.07, 6.45) is 0.328. The molecule has 1 rings (SSSR count). The summed E-state index contributed by atoms with van der Waals surface area (Å²) in [5.41, 5.74) is -0.907. The van der Waals surface area contributed by atoms with Crippen molar-refractivity contribution in [3.8, 4) is 0 Å². The molecule has 3 N–H and O–H groups in total. The average Bonchev–Trinajstić information content (AvgIpc) is 2.32. The second kappa shape index (κ2) is 4.04. The van der Waals surface area contributed by atoms with Gasteiger partial charge < -0.3 is 20.3 Å². The molecule has 0 aromatic heterocycles. The Balaban J connectivity index is 2.30. The van der Waals surface area contributed by atoms with E-state index in [-0.39, 0.29) is 19.2 Å². The van der Waals surface area contributed by atoms with Crippen molar-refractivity contribution >= 4 is 5.97 Å². The van der Waals surface area contributed by atoms with Gasteiger partial charge in [-0.3, -0.25) is 4.79 Å². The first kappa shape index (κ1) is 10.4. The van der Waals surface area contributed by atoms with Crippen LogP contribution in [0.1, 0.15) is 13.3 Å². The first-order valence-corrected chi connectivity index (χ1v) is 4.31. The lowest BCUT2D eigenvalue weighted by Gasteiger charge is -2.25.